The molecule has 0 atom stereocenters. The van der Waals surface area contributed by atoms with Gasteiger partial charge < -0.3 is 15.1 Å². The maximum atomic E-state index is 12.1. The van der Waals surface area contributed by atoms with Crippen molar-refractivity contribution in [2.24, 2.45) is 0 Å². The number of anilines is 1. The highest BCUT2D eigenvalue weighted by molar-refractivity contribution is 5.91. The molecule has 0 aliphatic rings. The molecule has 3 aromatic rings. The van der Waals surface area contributed by atoms with E-state index < -0.39 is 0 Å². The van der Waals surface area contributed by atoms with Crippen LogP contribution < -0.4 is 10.6 Å². The van der Waals surface area contributed by atoms with Crippen LogP contribution in [0.5, 0.6) is 0 Å². The third-order valence-corrected chi connectivity index (χ3v) is 3.42. The normalized spacial score (nSPS) is 10.5. The van der Waals surface area contributed by atoms with Gasteiger partial charge in [-0.3, -0.25) is 0 Å². The van der Waals surface area contributed by atoms with Crippen molar-refractivity contribution in [3.05, 3.63) is 65.9 Å². The van der Waals surface area contributed by atoms with Crippen LogP contribution in [0.1, 0.15) is 17.0 Å². The Hall–Kier alpha value is -3.02. The standard InChI is InChI=1S/C17H18N4O2/c1-12-9-13(2)21(20-12)16-6-4-3-5-15(16)19-17(22)18-10-14-7-8-23-11-14/h3-9,11H,10H2,1-2H3,(H2,18,19,22). The molecule has 0 radical (unpaired) electrons. The van der Waals surface area contributed by atoms with Crippen molar-refractivity contribution in [1.29, 1.82) is 0 Å². The molecule has 6 nitrogen and oxygen atoms in total. The second kappa shape index (κ2) is 6.39. The predicted molar refractivity (Wildman–Crippen MR) is 87.6 cm³/mol. The lowest BCUT2D eigenvalue weighted by Crippen LogP contribution is -2.28. The number of aryl methyl sites for hydroxylation is 2. The fraction of sp³-hybridized carbons (Fsp3) is 0.176. The number of para-hydroxylation sites is 2. The first-order chi connectivity index (χ1) is 11.1. The molecule has 0 unspecified atom stereocenters. The maximum absolute atomic E-state index is 12.1. The van der Waals surface area contributed by atoms with Crippen LogP contribution in [0.2, 0.25) is 0 Å². The summed E-state index contributed by atoms with van der Waals surface area (Å²) in [6.45, 7) is 4.33. The fourth-order valence-electron chi connectivity index (χ4n) is 2.38. The third-order valence-electron chi connectivity index (χ3n) is 3.42. The van der Waals surface area contributed by atoms with E-state index in [1.54, 1.807) is 12.5 Å². The van der Waals surface area contributed by atoms with Gasteiger partial charge in [-0.05, 0) is 38.1 Å². The molecule has 3 rings (SSSR count). The second-order valence-electron chi connectivity index (χ2n) is 5.30. The van der Waals surface area contributed by atoms with E-state index in [4.69, 9.17) is 4.42 Å². The van der Waals surface area contributed by atoms with E-state index in [2.05, 4.69) is 15.7 Å². The van der Waals surface area contributed by atoms with Gasteiger partial charge in [-0.2, -0.15) is 5.10 Å². The van der Waals surface area contributed by atoms with Crippen LogP contribution in [0.25, 0.3) is 5.69 Å². The molecule has 0 saturated carbocycles. The first-order valence-electron chi connectivity index (χ1n) is 7.32. The minimum absolute atomic E-state index is 0.278. The van der Waals surface area contributed by atoms with Crippen LogP contribution in [0, 0.1) is 13.8 Å². The molecule has 0 saturated heterocycles. The zero-order chi connectivity index (χ0) is 16.2. The largest absolute Gasteiger partial charge is 0.472 e. The van der Waals surface area contributed by atoms with Gasteiger partial charge in [0.2, 0.25) is 0 Å². The minimum Gasteiger partial charge on any atom is -0.472 e. The predicted octanol–water partition coefficient (Wildman–Crippen LogP) is 3.40. The Kier molecular flexibility index (Phi) is 4.14. The van der Waals surface area contributed by atoms with E-state index in [1.807, 2.05) is 54.9 Å². The molecule has 23 heavy (non-hydrogen) atoms. The topological polar surface area (TPSA) is 72.1 Å². The van der Waals surface area contributed by atoms with Crippen LogP contribution >= 0.6 is 0 Å². The molecule has 118 valence electrons. The molecule has 0 aliphatic heterocycles. The van der Waals surface area contributed by atoms with Crippen molar-refractivity contribution < 1.29 is 9.21 Å². The number of rotatable bonds is 4. The summed E-state index contributed by atoms with van der Waals surface area (Å²) in [5, 5.41) is 10.1. The van der Waals surface area contributed by atoms with E-state index in [1.165, 1.54) is 0 Å². The Morgan fingerprint density at radius 2 is 2.09 bits per heavy atom. The van der Waals surface area contributed by atoms with Gasteiger partial charge in [-0.15, -0.1) is 0 Å². The lowest BCUT2D eigenvalue weighted by atomic mass is 10.2. The summed E-state index contributed by atoms with van der Waals surface area (Å²) in [4.78, 5) is 12.1. The Morgan fingerprint density at radius 1 is 1.26 bits per heavy atom. The molecule has 0 spiro atoms. The fourth-order valence-corrected chi connectivity index (χ4v) is 2.38. The number of carbonyl (C=O) groups is 1. The summed E-state index contributed by atoms with van der Waals surface area (Å²) < 4.78 is 6.79. The Labute approximate surface area is 134 Å². The van der Waals surface area contributed by atoms with Crippen molar-refractivity contribution in [1.82, 2.24) is 15.1 Å². The number of nitrogens with zero attached hydrogens (tertiary/aromatic N) is 2. The van der Waals surface area contributed by atoms with Crippen LogP contribution in [0.4, 0.5) is 10.5 Å². The van der Waals surface area contributed by atoms with Gasteiger partial charge in [0.25, 0.3) is 0 Å². The van der Waals surface area contributed by atoms with Crippen LogP contribution in [0.15, 0.2) is 53.3 Å². The Morgan fingerprint density at radius 3 is 2.78 bits per heavy atom. The summed E-state index contributed by atoms with van der Waals surface area (Å²) in [6, 6.07) is 11.1. The number of urea groups is 1. The zero-order valence-electron chi connectivity index (χ0n) is 13.0. The van der Waals surface area contributed by atoms with E-state index in [-0.39, 0.29) is 6.03 Å². The summed E-state index contributed by atoms with van der Waals surface area (Å²) in [7, 11) is 0. The number of nitrogens with one attached hydrogen (secondary N) is 2. The highest BCUT2D eigenvalue weighted by atomic mass is 16.3. The van der Waals surface area contributed by atoms with E-state index in [9.17, 15) is 4.79 Å². The summed E-state index contributed by atoms with van der Waals surface area (Å²) in [6.07, 6.45) is 3.18. The van der Waals surface area contributed by atoms with E-state index in [0.717, 1.165) is 22.6 Å². The van der Waals surface area contributed by atoms with E-state index in [0.29, 0.717) is 12.2 Å². The minimum atomic E-state index is -0.278. The maximum Gasteiger partial charge on any atom is 0.319 e. The number of carbonyl (C=O) groups excluding carboxylic acids is 1. The third kappa shape index (κ3) is 3.42. The average Bonchev–Trinajstić information content (AvgIpc) is 3.15. The molecular weight excluding hydrogens is 292 g/mol. The molecule has 2 heterocycles. The number of aromatic nitrogens is 2. The number of amides is 2. The van der Waals surface area contributed by atoms with Crippen LogP contribution in [0.3, 0.4) is 0 Å². The van der Waals surface area contributed by atoms with Crippen molar-refractivity contribution in [2.45, 2.75) is 20.4 Å². The van der Waals surface area contributed by atoms with E-state index >= 15 is 0 Å². The SMILES string of the molecule is Cc1cc(C)n(-c2ccccc2NC(=O)NCc2ccoc2)n1. The lowest BCUT2D eigenvalue weighted by Gasteiger charge is -2.13. The number of hydrogen-bond donors (Lipinski definition) is 2. The number of hydrogen-bond acceptors (Lipinski definition) is 3. The quantitative estimate of drug-likeness (QED) is 0.775. The van der Waals surface area contributed by atoms with Crippen molar-refractivity contribution >= 4 is 11.7 Å². The molecule has 0 fully saturated rings. The second-order valence-corrected chi connectivity index (χ2v) is 5.30. The monoisotopic (exact) mass is 310 g/mol. The van der Waals surface area contributed by atoms with Gasteiger partial charge in [-0.25, -0.2) is 9.48 Å². The molecule has 2 aromatic heterocycles. The molecule has 0 aliphatic carbocycles. The first-order valence-corrected chi connectivity index (χ1v) is 7.32. The smallest absolute Gasteiger partial charge is 0.319 e. The zero-order valence-corrected chi connectivity index (χ0v) is 13.0. The highest BCUT2D eigenvalue weighted by Crippen LogP contribution is 2.21. The summed E-state index contributed by atoms with van der Waals surface area (Å²) in [5.41, 5.74) is 4.38. The average molecular weight is 310 g/mol. The van der Waals surface area contributed by atoms with Crippen molar-refractivity contribution in [3.8, 4) is 5.69 Å². The van der Waals surface area contributed by atoms with Gasteiger partial charge in [0.05, 0.1) is 29.6 Å². The van der Waals surface area contributed by atoms with Crippen LogP contribution in [-0.2, 0) is 6.54 Å². The Bertz CT molecular complexity index is 806. The van der Waals surface area contributed by atoms with Crippen molar-refractivity contribution in [3.63, 3.8) is 0 Å². The van der Waals surface area contributed by atoms with Gasteiger partial charge in [0.1, 0.15) is 0 Å². The van der Waals surface area contributed by atoms with Crippen LogP contribution in [-0.4, -0.2) is 15.8 Å². The molecule has 1 aromatic carbocycles. The first kappa shape index (κ1) is 14.9. The van der Waals surface area contributed by atoms with Gasteiger partial charge in [0, 0.05) is 17.8 Å². The summed E-state index contributed by atoms with van der Waals surface area (Å²) in [5.74, 6) is 0. The molecule has 0 bridgehead atoms. The highest BCUT2D eigenvalue weighted by Gasteiger charge is 2.11. The van der Waals surface area contributed by atoms with Gasteiger partial charge in [0.15, 0.2) is 0 Å². The Balaban J connectivity index is 1.75. The van der Waals surface area contributed by atoms with Crippen molar-refractivity contribution in [2.75, 3.05) is 5.32 Å². The molecule has 2 N–H and O–H groups in total. The summed E-state index contributed by atoms with van der Waals surface area (Å²) >= 11 is 0. The molecule has 6 heteroatoms. The molecule has 2 amide bonds. The number of furan rings is 1. The number of benzene rings is 1. The molecular formula is C17H18N4O2. The van der Waals surface area contributed by atoms with Gasteiger partial charge in [-0.1, -0.05) is 12.1 Å². The lowest BCUT2D eigenvalue weighted by molar-refractivity contribution is 0.251. The van der Waals surface area contributed by atoms with Gasteiger partial charge >= 0.3 is 6.03 Å².